The maximum atomic E-state index is 5.70. The molecule has 1 N–H and O–H groups in total. The van der Waals surface area contributed by atoms with E-state index in [-0.39, 0.29) is 0 Å². The molecule has 0 bridgehead atoms. The van der Waals surface area contributed by atoms with E-state index in [4.69, 9.17) is 4.42 Å². The SMILES string of the molecule is CCNCc1cc(CN(C)CC)oc1C. The monoisotopic (exact) mass is 210 g/mol. The summed E-state index contributed by atoms with van der Waals surface area (Å²) in [5, 5.41) is 3.31. The predicted octanol–water partition coefficient (Wildman–Crippen LogP) is 2.15. The summed E-state index contributed by atoms with van der Waals surface area (Å²) in [6, 6.07) is 2.16. The van der Waals surface area contributed by atoms with E-state index in [1.807, 2.05) is 6.92 Å². The molecule has 1 aromatic rings. The van der Waals surface area contributed by atoms with Crippen LogP contribution in [0.5, 0.6) is 0 Å². The summed E-state index contributed by atoms with van der Waals surface area (Å²) in [6.45, 7) is 10.1. The van der Waals surface area contributed by atoms with Crippen molar-refractivity contribution in [2.75, 3.05) is 20.1 Å². The van der Waals surface area contributed by atoms with E-state index in [1.165, 1.54) is 5.56 Å². The summed E-state index contributed by atoms with van der Waals surface area (Å²) in [6.07, 6.45) is 0. The van der Waals surface area contributed by atoms with Gasteiger partial charge in [-0.1, -0.05) is 13.8 Å². The van der Waals surface area contributed by atoms with Crippen molar-refractivity contribution >= 4 is 0 Å². The van der Waals surface area contributed by atoms with Gasteiger partial charge in [0, 0.05) is 12.1 Å². The molecule has 3 heteroatoms. The quantitative estimate of drug-likeness (QED) is 0.780. The van der Waals surface area contributed by atoms with Gasteiger partial charge in [0.25, 0.3) is 0 Å². The van der Waals surface area contributed by atoms with Crippen molar-refractivity contribution < 1.29 is 4.42 Å². The lowest BCUT2D eigenvalue weighted by Gasteiger charge is -2.10. The Kier molecular flexibility index (Phi) is 4.85. The Hall–Kier alpha value is -0.800. The molecule has 0 saturated heterocycles. The van der Waals surface area contributed by atoms with Crippen molar-refractivity contribution in [1.29, 1.82) is 0 Å². The van der Waals surface area contributed by atoms with Crippen LogP contribution in [0.3, 0.4) is 0 Å². The van der Waals surface area contributed by atoms with Crippen molar-refractivity contribution in [1.82, 2.24) is 10.2 Å². The van der Waals surface area contributed by atoms with Gasteiger partial charge in [0.1, 0.15) is 11.5 Å². The minimum Gasteiger partial charge on any atom is -0.465 e. The Labute approximate surface area is 92.5 Å². The van der Waals surface area contributed by atoms with Crippen LogP contribution >= 0.6 is 0 Å². The standard InChI is InChI=1S/C12H22N2O/c1-5-13-8-11-7-12(15-10(11)3)9-14(4)6-2/h7,13H,5-6,8-9H2,1-4H3. The molecule has 15 heavy (non-hydrogen) atoms. The third-order valence-corrected chi connectivity index (χ3v) is 2.60. The van der Waals surface area contributed by atoms with E-state index < -0.39 is 0 Å². The molecule has 0 aliphatic heterocycles. The first-order chi connectivity index (χ1) is 7.17. The van der Waals surface area contributed by atoms with Crippen molar-refractivity contribution in [2.45, 2.75) is 33.9 Å². The van der Waals surface area contributed by atoms with Gasteiger partial charge in [-0.25, -0.2) is 0 Å². The van der Waals surface area contributed by atoms with Crippen LogP contribution in [0.15, 0.2) is 10.5 Å². The van der Waals surface area contributed by atoms with Crippen LogP contribution in [-0.2, 0) is 13.1 Å². The van der Waals surface area contributed by atoms with Gasteiger partial charge in [-0.05, 0) is 33.1 Å². The van der Waals surface area contributed by atoms with Crippen LogP contribution in [0.2, 0.25) is 0 Å². The maximum Gasteiger partial charge on any atom is 0.118 e. The average Bonchev–Trinajstić information content (AvgIpc) is 2.55. The van der Waals surface area contributed by atoms with Crippen LogP contribution in [0.25, 0.3) is 0 Å². The Morgan fingerprint density at radius 3 is 2.73 bits per heavy atom. The normalized spacial score (nSPS) is 11.3. The van der Waals surface area contributed by atoms with E-state index in [2.05, 4.69) is 37.2 Å². The first kappa shape index (κ1) is 12.3. The zero-order valence-corrected chi connectivity index (χ0v) is 10.3. The smallest absolute Gasteiger partial charge is 0.118 e. The van der Waals surface area contributed by atoms with E-state index in [0.29, 0.717) is 0 Å². The molecule has 0 unspecified atom stereocenters. The van der Waals surface area contributed by atoms with Gasteiger partial charge in [0.2, 0.25) is 0 Å². The highest BCUT2D eigenvalue weighted by Crippen LogP contribution is 2.15. The first-order valence-corrected chi connectivity index (χ1v) is 5.64. The molecule has 0 aliphatic carbocycles. The Bertz CT molecular complexity index is 294. The van der Waals surface area contributed by atoms with Gasteiger partial charge in [-0.3, -0.25) is 4.90 Å². The average molecular weight is 210 g/mol. The molecular weight excluding hydrogens is 188 g/mol. The van der Waals surface area contributed by atoms with Gasteiger partial charge in [-0.2, -0.15) is 0 Å². The van der Waals surface area contributed by atoms with E-state index >= 15 is 0 Å². The summed E-state index contributed by atoms with van der Waals surface area (Å²) in [4.78, 5) is 2.23. The largest absolute Gasteiger partial charge is 0.465 e. The van der Waals surface area contributed by atoms with E-state index in [1.54, 1.807) is 0 Å². The van der Waals surface area contributed by atoms with Crippen molar-refractivity contribution in [3.8, 4) is 0 Å². The molecule has 0 aromatic carbocycles. The first-order valence-electron chi connectivity index (χ1n) is 5.64. The molecule has 86 valence electrons. The van der Waals surface area contributed by atoms with Gasteiger partial charge in [-0.15, -0.1) is 0 Å². The van der Waals surface area contributed by atoms with E-state index in [9.17, 15) is 0 Å². The molecule has 0 amide bonds. The molecule has 1 aromatic heterocycles. The highest BCUT2D eigenvalue weighted by molar-refractivity contribution is 5.20. The second kappa shape index (κ2) is 5.93. The molecule has 0 saturated carbocycles. The molecule has 1 heterocycles. The number of nitrogens with zero attached hydrogens (tertiary/aromatic N) is 1. The third kappa shape index (κ3) is 3.68. The Balaban J connectivity index is 2.59. The fourth-order valence-corrected chi connectivity index (χ4v) is 1.48. The number of furan rings is 1. The van der Waals surface area contributed by atoms with Crippen LogP contribution < -0.4 is 5.32 Å². The van der Waals surface area contributed by atoms with Crippen molar-refractivity contribution in [2.24, 2.45) is 0 Å². The van der Waals surface area contributed by atoms with Gasteiger partial charge < -0.3 is 9.73 Å². The number of hydrogen-bond acceptors (Lipinski definition) is 3. The fourth-order valence-electron chi connectivity index (χ4n) is 1.48. The summed E-state index contributed by atoms with van der Waals surface area (Å²) < 4.78 is 5.70. The van der Waals surface area contributed by atoms with Crippen molar-refractivity contribution in [3.63, 3.8) is 0 Å². The van der Waals surface area contributed by atoms with E-state index in [0.717, 1.165) is 37.7 Å². The zero-order chi connectivity index (χ0) is 11.3. The molecule has 0 atom stereocenters. The number of hydrogen-bond donors (Lipinski definition) is 1. The minimum atomic E-state index is 0.892. The number of aryl methyl sites for hydroxylation is 1. The highest BCUT2D eigenvalue weighted by Gasteiger charge is 2.07. The Morgan fingerprint density at radius 2 is 2.13 bits per heavy atom. The lowest BCUT2D eigenvalue weighted by Crippen LogP contribution is -2.16. The van der Waals surface area contributed by atoms with Crippen LogP contribution in [-0.4, -0.2) is 25.0 Å². The second-order valence-electron chi connectivity index (χ2n) is 3.90. The van der Waals surface area contributed by atoms with Crippen LogP contribution in [0.1, 0.15) is 30.9 Å². The zero-order valence-electron chi connectivity index (χ0n) is 10.3. The predicted molar refractivity (Wildman–Crippen MR) is 62.8 cm³/mol. The molecule has 1 rings (SSSR count). The molecule has 3 nitrogen and oxygen atoms in total. The van der Waals surface area contributed by atoms with Crippen molar-refractivity contribution in [3.05, 3.63) is 23.2 Å². The summed E-state index contributed by atoms with van der Waals surface area (Å²) >= 11 is 0. The minimum absolute atomic E-state index is 0.892. The lowest BCUT2D eigenvalue weighted by molar-refractivity contribution is 0.306. The molecule has 0 aliphatic rings. The summed E-state index contributed by atoms with van der Waals surface area (Å²) in [5.41, 5.74) is 1.27. The summed E-state index contributed by atoms with van der Waals surface area (Å²) in [7, 11) is 2.10. The maximum absolute atomic E-state index is 5.70. The topological polar surface area (TPSA) is 28.4 Å². The fraction of sp³-hybridized carbons (Fsp3) is 0.667. The molecular formula is C12H22N2O. The highest BCUT2D eigenvalue weighted by atomic mass is 16.3. The number of rotatable bonds is 6. The second-order valence-corrected chi connectivity index (χ2v) is 3.90. The van der Waals surface area contributed by atoms with Gasteiger partial charge in [0.05, 0.1) is 6.54 Å². The molecule has 0 radical (unpaired) electrons. The molecule has 0 fully saturated rings. The van der Waals surface area contributed by atoms with Crippen LogP contribution in [0, 0.1) is 6.92 Å². The third-order valence-electron chi connectivity index (χ3n) is 2.60. The summed E-state index contributed by atoms with van der Waals surface area (Å²) in [5.74, 6) is 2.10. The van der Waals surface area contributed by atoms with Gasteiger partial charge in [0.15, 0.2) is 0 Å². The molecule has 0 spiro atoms. The Morgan fingerprint density at radius 1 is 1.40 bits per heavy atom. The van der Waals surface area contributed by atoms with Gasteiger partial charge >= 0.3 is 0 Å². The van der Waals surface area contributed by atoms with Crippen LogP contribution in [0.4, 0.5) is 0 Å². The lowest BCUT2D eigenvalue weighted by atomic mass is 10.2. The number of nitrogens with one attached hydrogen (secondary N) is 1.